The minimum atomic E-state index is 0.814. The largest absolute Gasteiger partial charge is 0.135 e. The zero-order valence-corrected chi connectivity index (χ0v) is 11.7. The number of thiophene rings is 1. The van der Waals surface area contributed by atoms with E-state index in [0.29, 0.717) is 0 Å². The van der Waals surface area contributed by atoms with E-state index in [1.807, 2.05) is 17.4 Å². The zero-order valence-electron chi connectivity index (χ0n) is 10.1. The maximum atomic E-state index is 6.11. The topological polar surface area (TPSA) is 0 Å². The van der Waals surface area contributed by atoms with E-state index in [-0.39, 0.29) is 0 Å². The molecule has 0 N–H and O–H groups in total. The van der Waals surface area contributed by atoms with Crippen LogP contribution in [0.4, 0.5) is 0 Å². The molecule has 0 amide bonds. The number of halogens is 1. The molecule has 0 aliphatic carbocycles. The van der Waals surface area contributed by atoms with Crippen molar-refractivity contribution in [1.82, 2.24) is 0 Å². The minimum absolute atomic E-state index is 0.814. The van der Waals surface area contributed by atoms with Crippen molar-refractivity contribution in [3.8, 4) is 10.4 Å². The first-order chi connectivity index (χ1) is 8.79. The standard InChI is InChI=1S/C16H13ClS/c1-2-13-14-10-12(17)8-9-15(14)18-16(13)11-6-4-3-5-7-11/h3-10H,2H2,1H3. The maximum Gasteiger partial charge on any atom is 0.0413 e. The molecule has 18 heavy (non-hydrogen) atoms. The van der Waals surface area contributed by atoms with Crippen molar-refractivity contribution in [2.24, 2.45) is 0 Å². The monoisotopic (exact) mass is 272 g/mol. The first kappa shape index (κ1) is 11.8. The van der Waals surface area contributed by atoms with Gasteiger partial charge in [-0.1, -0.05) is 48.9 Å². The molecule has 3 rings (SSSR count). The molecule has 0 atom stereocenters. The van der Waals surface area contributed by atoms with Crippen molar-refractivity contribution in [3.05, 3.63) is 59.1 Å². The summed E-state index contributed by atoms with van der Waals surface area (Å²) in [6.45, 7) is 2.20. The summed E-state index contributed by atoms with van der Waals surface area (Å²) in [7, 11) is 0. The van der Waals surface area contributed by atoms with E-state index in [1.54, 1.807) is 0 Å². The molecule has 2 heteroatoms. The van der Waals surface area contributed by atoms with E-state index in [0.717, 1.165) is 11.4 Å². The molecule has 0 spiro atoms. The zero-order chi connectivity index (χ0) is 12.5. The second-order valence-electron chi connectivity index (χ2n) is 4.27. The molecule has 0 nitrogen and oxygen atoms in total. The van der Waals surface area contributed by atoms with Gasteiger partial charge in [0.05, 0.1) is 0 Å². The Hall–Kier alpha value is -1.31. The van der Waals surface area contributed by atoms with Gasteiger partial charge in [-0.05, 0) is 41.1 Å². The van der Waals surface area contributed by atoms with Crippen LogP contribution in [-0.4, -0.2) is 0 Å². The molecule has 1 aromatic heterocycles. The van der Waals surface area contributed by atoms with E-state index in [4.69, 9.17) is 11.6 Å². The van der Waals surface area contributed by atoms with Gasteiger partial charge in [0.15, 0.2) is 0 Å². The third kappa shape index (κ3) is 1.94. The van der Waals surface area contributed by atoms with Crippen molar-refractivity contribution in [2.75, 3.05) is 0 Å². The van der Waals surface area contributed by atoms with Crippen LogP contribution in [0.5, 0.6) is 0 Å². The molecular weight excluding hydrogens is 260 g/mol. The highest BCUT2D eigenvalue weighted by Gasteiger charge is 2.12. The smallest absolute Gasteiger partial charge is 0.0413 e. The van der Waals surface area contributed by atoms with E-state index < -0.39 is 0 Å². The van der Waals surface area contributed by atoms with E-state index in [2.05, 4.69) is 49.4 Å². The van der Waals surface area contributed by atoms with Crippen LogP contribution in [-0.2, 0) is 6.42 Å². The van der Waals surface area contributed by atoms with Crippen LogP contribution >= 0.6 is 22.9 Å². The molecular formula is C16H13ClS. The lowest BCUT2D eigenvalue weighted by molar-refractivity contribution is 1.17. The number of benzene rings is 2. The summed E-state index contributed by atoms with van der Waals surface area (Å²) in [6.07, 6.45) is 1.03. The van der Waals surface area contributed by atoms with Crippen molar-refractivity contribution >= 4 is 33.0 Å². The summed E-state index contributed by atoms with van der Waals surface area (Å²) in [5.41, 5.74) is 2.70. The minimum Gasteiger partial charge on any atom is -0.135 e. The average molecular weight is 273 g/mol. The van der Waals surface area contributed by atoms with Gasteiger partial charge in [0, 0.05) is 14.6 Å². The Morgan fingerprint density at radius 2 is 1.83 bits per heavy atom. The van der Waals surface area contributed by atoms with Gasteiger partial charge in [-0.25, -0.2) is 0 Å². The van der Waals surface area contributed by atoms with Crippen LogP contribution < -0.4 is 0 Å². The summed E-state index contributed by atoms with van der Waals surface area (Å²) in [4.78, 5) is 1.37. The third-order valence-electron chi connectivity index (χ3n) is 3.14. The van der Waals surface area contributed by atoms with E-state index in [9.17, 15) is 0 Å². The van der Waals surface area contributed by atoms with E-state index in [1.165, 1.54) is 26.1 Å². The fourth-order valence-corrected chi connectivity index (χ4v) is 3.75. The van der Waals surface area contributed by atoms with Gasteiger partial charge in [0.1, 0.15) is 0 Å². The summed E-state index contributed by atoms with van der Waals surface area (Å²) < 4.78 is 1.31. The first-order valence-corrected chi connectivity index (χ1v) is 7.25. The summed E-state index contributed by atoms with van der Waals surface area (Å²) in [5.74, 6) is 0. The van der Waals surface area contributed by atoms with Gasteiger partial charge in [0.25, 0.3) is 0 Å². The molecule has 0 bridgehead atoms. The Morgan fingerprint density at radius 1 is 1.06 bits per heavy atom. The number of fused-ring (bicyclic) bond motifs is 1. The number of aryl methyl sites for hydroxylation is 1. The molecule has 0 saturated carbocycles. The highest BCUT2D eigenvalue weighted by atomic mass is 35.5. The van der Waals surface area contributed by atoms with Gasteiger partial charge < -0.3 is 0 Å². The predicted molar refractivity (Wildman–Crippen MR) is 81.6 cm³/mol. The number of hydrogen-bond donors (Lipinski definition) is 0. The molecule has 0 radical (unpaired) electrons. The lowest BCUT2D eigenvalue weighted by Crippen LogP contribution is -1.81. The van der Waals surface area contributed by atoms with Crippen LogP contribution in [0.25, 0.3) is 20.5 Å². The third-order valence-corrected chi connectivity index (χ3v) is 4.64. The fraction of sp³-hybridized carbons (Fsp3) is 0.125. The number of hydrogen-bond acceptors (Lipinski definition) is 1. The van der Waals surface area contributed by atoms with E-state index >= 15 is 0 Å². The summed E-state index contributed by atoms with van der Waals surface area (Å²) in [5, 5.41) is 2.11. The molecule has 90 valence electrons. The fourth-order valence-electron chi connectivity index (χ4n) is 2.29. The van der Waals surface area contributed by atoms with Gasteiger partial charge in [-0.2, -0.15) is 0 Å². The lowest BCUT2D eigenvalue weighted by atomic mass is 10.0. The number of rotatable bonds is 2. The van der Waals surface area contributed by atoms with Gasteiger partial charge in [0.2, 0.25) is 0 Å². The van der Waals surface area contributed by atoms with Crippen molar-refractivity contribution in [2.45, 2.75) is 13.3 Å². The lowest BCUT2D eigenvalue weighted by Gasteiger charge is -2.01. The normalized spacial score (nSPS) is 11.0. The molecule has 0 fully saturated rings. The summed E-state index contributed by atoms with van der Waals surface area (Å²) >= 11 is 7.96. The van der Waals surface area contributed by atoms with Crippen LogP contribution in [0.3, 0.4) is 0 Å². The van der Waals surface area contributed by atoms with Gasteiger partial charge in [-0.3, -0.25) is 0 Å². The highest BCUT2D eigenvalue weighted by Crippen LogP contribution is 2.39. The SMILES string of the molecule is CCc1c(-c2ccccc2)sc2ccc(Cl)cc12. The van der Waals surface area contributed by atoms with Crippen LogP contribution in [0.15, 0.2) is 48.5 Å². The molecule has 2 aromatic carbocycles. The Labute approximate surface area is 116 Å². The highest BCUT2D eigenvalue weighted by molar-refractivity contribution is 7.22. The average Bonchev–Trinajstić information content (AvgIpc) is 2.77. The molecule has 3 aromatic rings. The second kappa shape index (κ2) is 4.75. The Morgan fingerprint density at radius 3 is 2.56 bits per heavy atom. The summed E-state index contributed by atoms with van der Waals surface area (Å²) in [6, 6.07) is 16.7. The molecule has 0 unspecified atom stereocenters. The molecule has 0 aliphatic heterocycles. The van der Waals surface area contributed by atoms with Gasteiger partial charge in [-0.15, -0.1) is 11.3 Å². The predicted octanol–water partition coefficient (Wildman–Crippen LogP) is 5.78. The molecule has 0 saturated heterocycles. The molecule has 1 heterocycles. The Kier molecular flexibility index (Phi) is 3.11. The van der Waals surface area contributed by atoms with Crippen molar-refractivity contribution in [3.63, 3.8) is 0 Å². The second-order valence-corrected chi connectivity index (χ2v) is 5.76. The van der Waals surface area contributed by atoms with Crippen LogP contribution in [0.1, 0.15) is 12.5 Å². The Bertz CT molecular complexity index is 683. The first-order valence-electron chi connectivity index (χ1n) is 6.06. The quantitative estimate of drug-likeness (QED) is 0.554. The maximum absolute atomic E-state index is 6.11. The molecule has 0 aliphatic rings. The Balaban J connectivity index is 2.30. The van der Waals surface area contributed by atoms with Crippen LogP contribution in [0, 0.1) is 0 Å². The van der Waals surface area contributed by atoms with Crippen molar-refractivity contribution in [1.29, 1.82) is 0 Å². The van der Waals surface area contributed by atoms with Crippen LogP contribution in [0.2, 0.25) is 5.02 Å². The van der Waals surface area contributed by atoms with Crippen molar-refractivity contribution < 1.29 is 0 Å². The van der Waals surface area contributed by atoms with Gasteiger partial charge >= 0.3 is 0 Å².